The number of anilines is 1. The van der Waals surface area contributed by atoms with Gasteiger partial charge < -0.3 is 9.47 Å². The fourth-order valence-corrected chi connectivity index (χ4v) is 3.25. The van der Waals surface area contributed by atoms with Gasteiger partial charge in [-0.15, -0.1) is 6.42 Å². The summed E-state index contributed by atoms with van der Waals surface area (Å²) in [5.74, 6) is 2.43. The summed E-state index contributed by atoms with van der Waals surface area (Å²) < 4.78 is 11.7. The molecule has 0 bridgehead atoms. The molecule has 1 heterocycles. The standard InChI is InChI=1S/C21H17BrN2O4/c1-3-10-28-19-17(22)12-14(13-18(19)27-4-2)11-16-20(25)23-24(21(16)26)15-8-6-5-7-9-15/h1,5-9,11-13H,4,10H2,2H3,(H,23,25)/b16-11-. The summed E-state index contributed by atoms with van der Waals surface area (Å²) in [5.41, 5.74) is 3.78. The van der Waals surface area contributed by atoms with E-state index < -0.39 is 11.8 Å². The molecule has 2 amide bonds. The first-order valence-corrected chi connectivity index (χ1v) is 9.29. The number of ether oxygens (including phenoxy) is 2. The highest BCUT2D eigenvalue weighted by Gasteiger charge is 2.34. The fourth-order valence-electron chi connectivity index (χ4n) is 2.67. The first kappa shape index (κ1) is 19.5. The van der Waals surface area contributed by atoms with E-state index in [1.54, 1.807) is 36.4 Å². The molecule has 0 unspecified atom stereocenters. The van der Waals surface area contributed by atoms with Crippen molar-refractivity contribution in [2.24, 2.45) is 0 Å². The van der Waals surface area contributed by atoms with Crippen LogP contribution in [0.25, 0.3) is 6.08 Å². The van der Waals surface area contributed by atoms with E-state index in [2.05, 4.69) is 27.3 Å². The van der Waals surface area contributed by atoms with E-state index in [-0.39, 0.29) is 12.2 Å². The van der Waals surface area contributed by atoms with Gasteiger partial charge in [-0.25, -0.2) is 5.01 Å². The van der Waals surface area contributed by atoms with Gasteiger partial charge >= 0.3 is 0 Å². The van der Waals surface area contributed by atoms with Gasteiger partial charge in [-0.05, 0) is 58.8 Å². The molecule has 0 spiro atoms. The first-order valence-electron chi connectivity index (χ1n) is 8.50. The zero-order valence-corrected chi connectivity index (χ0v) is 16.7. The summed E-state index contributed by atoms with van der Waals surface area (Å²) in [7, 11) is 0. The third kappa shape index (κ3) is 4.02. The fraction of sp³-hybridized carbons (Fsp3) is 0.143. The summed E-state index contributed by atoms with van der Waals surface area (Å²) in [6.07, 6.45) is 6.77. The molecule has 28 heavy (non-hydrogen) atoms. The van der Waals surface area contributed by atoms with Crippen LogP contribution in [0, 0.1) is 12.3 Å². The third-order valence-corrected chi connectivity index (χ3v) is 4.44. The van der Waals surface area contributed by atoms with Crippen molar-refractivity contribution in [1.82, 2.24) is 5.43 Å². The average Bonchev–Trinajstić information content (AvgIpc) is 2.96. The molecule has 1 aliphatic rings. The molecule has 1 saturated heterocycles. The minimum Gasteiger partial charge on any atom is -0.490 e. The second-order valence-corrected chi connectivity index (χ2v) is 6.59. The molecule has 7 heteroatoms. The van der Waals surface area contributed by atoms with Crippen molar-refractivity contribution in [3.8, 4) is 23.8 Å². The second-order valence-electron chi connectivity index (χ2n) is 5.73. The SMILES string of the molecule is C#CCOc1c(Br)cc(/C=C2/C(=O)NN(c3ccccc3)C2=O)cc1OCC. The molecular weight excluding hydrogens is 424 g/mol. The highest BCUT2D eigenvalue weighted by Crippen LogP contribution is 2.37. The molecule has 2 aromatic rings. The Labute approximate surface area is 171 Å². The molecular formula is C21H17BrN2O4. The van der Waals surface area contributed by atoms with Crippen LogP contribution in [0.15, 0.2) is 52.5 Å². The molecule has 3 rings (SSSR count). The van der Waals surface area contributed by atoms with Gasteiger partial charge in [0.25, 0.3) is 11.8 Å². The Morgan fingerprint density at radius 3 is 2.64 bits per heavy atom. The van der Waals surface area contributed by atoms with Crippen LogP contribution in [0.4, 0.5) is 5.69 Å². The molecule has 0 radical (unpaired) electrons. The number of hydrogen-bond acceptors (Lipinski definition) is 4. The number of rotatable bonds is 6. The summed E-state index contributed by atoms with van der Waals surface area (Å²) in [6.45, 7) is 2.35. The smallest absolute Gasteiger partial charge is 0.282 e. The van der Waals surface area contributed by atoms with E-state index in [1.807, 2.05) is 13.0 Å². The van der Waals surface area contributed by atoms with Crippen molar-refractivity contribution in [2.45, 2.75) is 6.92 Å². The lowest BCUT2D eigenvalue weighted by atomic mass is 10.1. The number of nitrogens with one attached hydrogen (secondary N) is 1. The summed E-state index contributed by atoms with van der Waals surface area (Å²) in [4.78, 5) is 25.1. The van der Waals surface area contributed by atoms with Crippen LogP contribution in [0.2, 0.25) is 0 Å². The van der Waals surface area contributed by atoms with Crippen molar-refractivity contribution in [3.05, 3.63) is 58.1 Å². The van der Waals surface area contributed by atoms with E-state index in [9.17, 15) is 9.59 Å². The van der Waals surface area contributed by atoms with Crippen LogP contribution < -0.4 is 19.9 Å². The van der Waals surface area contributed by atoms with Crippen molar-refractivity contribution in [1.29, 1.82) is 0 Å². The Balaban J connectivity index is 1.95. The minimum absolute atomic E-state index is 0.0236. The molecule has 6 nitrogen and oxygen atoms in total. The molecule has 1 aliphatic heterocycles. The van der Waals surface area contributed by atoms with Crippen LogP contribution in [0.1, 0.15) is 12.5 Å². The van der Waals surface area contributed by atoms with Gasteiger partial charge in [-0.1, -0.05) is 24.1 Å². The van der Waals surface area contributed by atoms with Gasteiger partial charge in [0.1, 0.15) is 12.2 Å². The molecule has 0 aliphatic carbocycles. The van der Waals surface area contributed by atoms with Crippen molar-refractivity contribution in [3.63, 3.8) is 0 Å². The maximum absolute atomic E-state index is 12.7. The Kier molecular flexibility index (Phi) is 6.02. The highest BCUT2D eigenvalue weighted by atomic mass is 79.9. The molecule has 0 atom stereocenters. The van der Waals surface area contributed by atoms with Gasteiger partial charge in [0.15, 0.2) is 11.5 Å². The number of benzene rings is 2. The predicted molar refractivity (Wildman–Crippen MR) is 110 cm³/mol. The van der Waals surface area contributed by atoms with E-state index in [4.69, 9.17) is 15.9 Å². The average molecular weight is 441 g/mol. The van der Waals surface area contributed by atoms with E-state index in [1.165, 1.54) is 11.1 Å². The van der Waals surface area contributed by atoms with Crippen LogP contribution >= 0.6 is 15.9 Å². The summed E-state index contributed by atoms with van der Waals surface area (Å²) in [6, 6.07) is 12.3. The number of carbonyl (C=O) groups excluding carboxylic acids is 2. The number of terminal acetylenes is 1. The lowest BCUT2D eigenvalue weighted by Gasteiger charge is -2.14. The van der Waals surface area contributed by atoms with Gasteiger partial charge in [0, 0.05) is 0 Å². The van der Waals surface area contributed by atoms with Crippen LogP contribution in [0.3, 0.4) is 0 Å². The van der Waals surface area contributed by atoms with Crippen molar-refractivity contribution < 1.29 is 19.1 Å². The Hall–Kier alpha value is -3.24. The second kappa shape index (κ2) is 8.63. The predicted octanol–water partition coefficient (Wildman–Crippen LogP) is 3.32. The number of hydrazine groups is 1. The summed E-state index contributed by atoms with van der Waals surface area (Å²) >= 11 is 3.43. The van der Waals surface area contributed by atoms with E-state index >= 15 is 0 Å². The Morgan fingerprint density at radius 1 is 1.21 bits per heavy atom. The molecule has 142 valence electrons. The van der Waals surface area contributed by atoms with Crippen molar-refractivity contribution in [2.75, 3.05) is 18.2 Å². The normalized spacial score (nSPS) is 14.8. The largest absolute Gasteiger partial charge is 0.490 e. The Bertz CT molecular complexity index is 980. The monoisotopic (exact) mass is 440 g/mol. The number of hydrogen-bond donors (Lipinski definition) is 1. The molecule has 2 aromatic carbocycles. The van der Waals surface area contributed by atoms with Gasteiger partial charge in [-0.3, -0.25) is 15.0 Å². The topological polar surface area (TPSA) is 67.9 Å². The van der Waals surface area contributed by atoms with Crippen LogP contribution in [-0.2, 0) is 9.59 Å². The first-order chi connectivity index (χ1) is 13.5. The van der Waals surface area contributed by atoms with Gasteiger partial charge in [0.05, 0.1) is 16.8 Å². The molecule has 1 N–H and O–H groups in total. The zero-order valence-electron chi connectivity index (χ0n) is 15.1. The Morgan fingerprint density at radius 2 is 1.96 bits per heavy atom. The van der Waals surface area contributed by atoms with Crippen LogP contribution in [0.5, 0.6) is 11.5 Å². The molecule has 0 saturated carbocycles. The molecule has 1 fully saturated rings. The zero-order chi connectivity index (χ0) is 20.1. The number of para-hydroxylation sites is 1. The lowest BCUT2D eigenvalue weighted by molar-refractivity contribution is -0.117. The maximum Gasteiger partial charge on any atom is 0.282 e. The summed E-state index contributed by atoms with van der Waals surface area (Å²) in [5, 5.41) is 1.22. The number of nitrogens with zero attached hydrogens (tertiary/aromatic N) is 1. The van der Waals surface area contributed by atoms with Gasteiger partial charge in [-0.2, -0.15) is 0 Å². The van der Waals surface area contributed by atoms with E-state index in [0.717, 1.165) is 0 Å². The number of halogens is 1. The molecule has 0 aromatic heterocycles. The minimum atomic E-state index is -0.476. The van der Waals surface area contributed by atoms with Crippen molar-refractivity contribution >= 4 is 39.5 Å². The van der Waals surface area contributed by atoms with Crippen LogP contribution in [-0.4, -0.2) is 25.0 Å². The highest BCUT2D eigenvalue weighted by molar-refractivity contribution is 9.10. The number of amides is 2. The maximum atomic E-state index is 12.7. The third-order valence-electron chi connectivity index (χ3n) is 3.85. The quantitative estimate of drug-likeness (QED) is 0.425. The lowest BCUT2D eigenvalue weighted by Crippen LogP contribution is -2.35. The van der Waals surface area contributed by atoms with Gasteiger partial charge in [0.2, 0.25) is 0 Å². The number of carbonyl (C=O) groups is 2. The van der Waals surface area contributed by atoms with E-state index in [0.29, 0.717) is 33.8 Å².